The average molecular weight is 411 g/mol. The van der Waals surface area contributed by atoms with Crippen molar-refractivity contribution < 1.29 is 14.3 Å². The molecule has 122 valence electrons. The van der Waals surface area contributed by atoms with Crippen molar-refractivity contribution in [1.82, 2.24) is 10.6 Å². The van der Waals surface area contributed by atoms with Crippen molar-refractivity contribution in [2.75, 3.05) is 13.6 Å². The van der Waals surface area contributed by atoms with E-state index >= 15 is 0 Å². The van der Waals surface area contributed by atoms with Gasteiger partial charge < -0.3 is 20.1 Å². The van der Waals surface area contributed by atoms with Gasteiger partial charge in [-0.15, -0.1) is 24.0 Å². The molecule has 2 rings (SSSR count). The molecule has 0 aromatic heterocycles. The molecule has 2 saturated heterocycles. The first-order chi connectivity index (χ1) is 9.58. The second kappa shape index (κ2) is 8.77. The third-order valence-corrected chi connectivity index (χ3v) is 3.64. The Balaban J connectivity index is 0.00000220. The van der Waals surface area contributed by atoms with E-state index in [0.29, 0.717) is 31.2 Å². The molecular weight excluding hydrogens is 385 g/mol. The van der Waals surface area contributed by atoms with Gasteiger partial charge in [0.25, 0.3) is 0 Å². The molecule has 2 aliphatic rings. The van der Waals surface area contributed by atoms with E-state index < -0.39 is 0 Å². The molecule has 0 saturated carbocycles. The van der Waals surface area contributed by atoms with Crippen LogP contribution in [0.4, 0.5) is 0 Å². The predicted octanol–water partition coefficient (Wildman–Crippen LogP) is 1.43. The molecule has 2 aliphatic heterocycles. The topological polar surface area (TPSA) is 72.0 Å². The third kappa shape index (κ3) is 5.61. The van der Waals surface area contributed by atoms with E-state index in [2.05, 4.69) is 15.6 Å². The van der Waals surface area contributed by atoms with Crippen LogP contribution in [0.15, 0.2) is 4.99 Å². The summed E-state index contributed by atoms with van der Waals surface area (Å²) in [7, 11) is 1.73. The highest BCUT2D eigenvalue weighted by atomic mass is 127. The Kier molecular flexibility index (Phi) is 7.72. The molecule has 2 N–H and O–H groups in total. The normalized spacial score (nSPS) is 27.4. The molecular formula is C14H26IN3O3. The number of fused-ring (bicyclic) bond motifs is 2. The molecule has 6 nitrogen and oxygen atoms in total. The number of nitrogens with zero attached hydrogens (tertiary/aromatic N) is 1. The number of esters is 1. The first kappa shape index (κ1) is 18.5. The number of rotatable bonds is 5. The molecule has 2 bridgehead atoms. The van der Waals surface area contributed by atoms with Crippen molar-refractivity contribution in [1.29, 1.82) is 0 Å². The number of hydrogen-bond donors (Lipinski definition) is 2. The summed E-state index contributed by atoms with van der Waals surface area (Å²) in [4.78, 5) is 15.6. The highest BCUT2D eigenvalue weighted by molar-refractivity contribution is 14.0. The Labute approximate surface area is 143 Å². The van der Waals surface area contributed by atoms with Gasteiger partial charge in [-0.25, -0.2) is 0 Å². The molecule has 2 fully saturated rings. The lowest BCUT2D eigenvalue weighted by atomic mass is 9.96. The SMILES string of the molecule is CN=C(NCCC(=O)OC(C)C)NC1CC2CCC1O2.I. The van der Waals surface area contributed by atoms with Gasteiger partial charge in [0.15, 0.2) is 5.96 Å². The van der Waals surface area contributed by atoms with Crippen LogP contribution in [0.3, 0.4) is 0 Å². The first-order valence-electron chi connectivity index (χ1n) is 7.40. The van der Waals surface area contributed by atoms with E-state index in [0.717, 1.165) is 18.8 Å². The standard InChI is InChI=1S/C14H25N3O3.HI/c1-9(2)19-13(18)6-7-16-14(15-3)17-11-8-10-4-5-12(11)20-10;/h9-12H,4-8H2,1-3H3,(H2,15,16,17);1H. The monoisotopic (exact) mass is 411 g/mol. The van der Waals surface area contributed by atoms with Gasteiger partial charge in [0, 0.05) is 13.6 Å². The van der Waals surface area contributed by atoms with E-state index in [1.807, 2.05) is 13.8 Å². The van der Waals surface area contributed by atoms with Crippen molar-refractivity contribution in [3.63, 3.8) is 0 Å². The van der Waals surface area contributed by atoms with Crippen LogP contribution in [0, 0.1) is 0 Å². The zero-order chi connectivity index (χ0) is 14.5. The summed E-state index contributed by atoms with van der Waals surface area (Å²) in [6.45, 7) is 4.22. The summed E-state index contributed by atoms with van der Waals surface area (Å²) >= 11 is 0. The number of aliphatic imine (C=N–C) groups is 1. The molecule has 3 atom stereocenters. The zero-order valence-electron chi connectivity index (χ0n) is 12.9. The minimum atomic E-state index is -0.189. The lowest BCUT2D eigenvalue weighted by Gasteiger charge is -2.22. The Morgan fingerprint density at radius 1 is 1.43 bits per heavy atom. The van der Waals surface area contributed by atoms with Crippen molar-refractivity contribution >= 4 is 35.9 Å². The fourth-order valence-corrected chi connectivity index (χ4v) is 2.76. The molecule has 7 heteroatoms. The number of ether oxygens (including phenoxy) is 2. The zero-order valence-corrected chi connectivity index (χ0v) is 15.3. The maximum Gasteiger partial charge on any atom is 0.307 e. The molecule has 0 radical (unpaired) electrons. The van der Waals surface area contributed by atoms with Crippen molar-refractivity contribution in [3.8, 4) is 0 Å². The number of carbonyl (C=O) groups excluding carboxylic acids is 1. The maximum absolute atomic E-state index is 11.4. The number of guanidine groups is 1. The molecule has 0 spiro atoms. The molecule has 0 amide bonds. The maximum atomic E-state index is 11.4. The number of halogens is 1. The fraction of sp³-hybridized carbons (Fsp3) is 0.857. The van der Waals surface area contributed by atoms with Crippen LogP contribution in [-0.2, 0) is 14.3 Å². The van der Waals surface area contributed by atoms with E-state index in [1.54, 1.807) is 7.05 Å². The molecule has 21 heavy (non-hydrogen) atoms. The summed E-state index contributed by atoms with van der Waals surface area (Å²) in [5.41, 5.74) is 0. The van der Waals surface area contributed by atoms with E-state index in [-0.39, 0.29) is 36.0 Å². The van der Waals surface area contributed by atoms with Crippen LogP contribution in [0.2, 0.25) is 0 Å². The molecule has 3 unspecified atom stereocenters. The van der Waals surface area contributed by atoms with Crippen LogP contribution in [0.1, 0.15) is 39.5 Å². The van der Waals surface area contributed by atoms with Crippen LogP contribution in [-0.4, -0.2) is 49.9 Å². The average Bonchev–Trinajstić information content (AvgIpc) is 2.98. The van der Waals surface area contributed by atoms with E-state index in [1.165, 1.54) is 6.42 Å². The highest BCUT2D eigenvalue weighted by Crippen LogP contribution is 2.34. The lowest BCUT2D eigenvalue weighted by Crippen LogP contribution is -2.47. The fourth-order valence-electron chi connectivity index (χ4n) is 2.76. The Morgan fingerprint density at radius 2 is 2.19 bits per heavy atom. The Hall–Kier alpha value is -0.570. The first-order valence-corrected chi connectivity index (χ1v) is 7.40. The summed E-state index contributed by atoms with van der Waals surface area (Å²) in [6, 6.07) is 0.336. The minimum absolute atomic E-state index is 0. The van der Waals surface area contributed by atoms with Crippen molar-refractivity contribution in [3.05, 3.63) is 0 Å². The smallest absolute Gasteiger partial charge is 0.307 e. The van der Waals surface area contributed by atoms with Gasteiger partial charge in [-0.3, -0.25) is 9.79 Å². The number of carbonyl (C=O) groups is 1. The largest absolute Gasteiger partial charge is 0.463 e. The Morgan fingerprint density at radius 3 is 2.71 bits per heavy atom. The summed E-state index contributed by atoms with van der Waals surface area (Å²) < 4.78 is 10.9. The van der Waals surface area contributed by atoms with Gasteiger partial charge in [0.2, 0.25) is 0 Å². The summed E-state index contributed by atoms with van der Waals surface area (Å²) in [6.07, 6.45) is 4.34. The molecule has 0 aromatic carbocycles. The van der Waals surface area contributed by atoms with Gasteiger partial charge in [-0.1, -0.05) is 0 Å². The quantitative estimate of drug-likeness (QED) is 0.310. The predicted molar refractivity (Wildman–Crippen MR) is 92.1 cm³/mol. The third-order valence-electron chi connectivity index (χ3n) is 3.64. The molecule has 0 aromatic rings. The molecule has 0 aliphatic carbocycles. The van der Waals surface area contributed by atoms with Crippen LogP contribution >= 0.6 is 24.0 Å². The van der Waals surface area contributed by atoms with Gasteiger partial charge in [0.05, 0.1) is 30.8 Å². The molecule has 2 heterocycles. The van der Waals surface area contributed by atoms with Crippen molar-refractivity contribution in [2.45, 2.75) is 63.9 Å². The minimum Gasteiger partial charge on any atom is -0.463 e. The second-order valence-electron chi connectivity index (χ2n) is 5.65. The van der Waals surface area contributed by atoms with E-state index in [9.17, 15) is 4.79 Å². The van der Waals surface area contributed by atoms with Crippen molar-refractivity contribution in [2.24, 2.45) is 4.99 Å². The summed E-state index contributed by atoms with van der Waals surface area (Å²) in [5.74, 6) is 0.537. The van der Waals surface area contributed by atoms with Gasteiger partial charge in [-0.05, 0) is 33.1 Å². The van der Waals surface area contributed by atoms with Gasteiger partial charge in [-0.2, -0.15) is 0 Å². The van der Waals surface area contributed by atoms with Crippen LogP contribution in [0.5, 0.6) is 0 Å². The van der Waals surface area contributed by atoms with E-state index in [4.69, 9.17) is 9.47 Å². The number of nitrogens with one attached hydrogen (secondary N) is 2. The van der Waals surface area contributed by atoms with Crippen LogP contribution in [0.25, 0.3) is 0 Å². The van der Waals surface area contributed by atoms with Crippen LogP contribution < -0.4 is 10.6 Å². The number of hydrogen-bond acceptors (Lipinski definition) is 4. The summed E-state index contributed by atoms with van der Waals surface area (Å²) in [5, 5.41) is 6.52. The highest BCUT2D eigenvalue weighted by Gasteiger charge is 2.41. The van der Waals surface area contributed by atoms with Gasteiger partial charge >= 0.3 is 5.97 Å². The lowest BCUT2D eigenvalue weighted by molar-refractivity contribution is -0.147. The second-order valence-corrected chi connectivity index (χ2v) is 5.65. The Bertz CT molecular complexity index is 376. The van der Waals surface area contributed by atoms with Gasteiger partial charge in [0.1, 0.15) is 0 Å².